The lowest BCUT2D eigenvalue weighted by atomic mass is 10.1. The molecule has 4 heteroatoms. The molecule has 0 radical (unpaired) electrons. The van der Waals surface area contributed by atoms with Crippen molar-refractivity contribution < 1.29 is 9.59 Å². The second kappa shape index (κ2) is 4.82. The highest BCUT2D eigenvalue weighted by atomic mass is 16.1. The highest BCUT2D eigenvalue weighted by molar-refractivity contribution is 5.89. The minimum Gasteiger partial charge on any atom is -0.361 e. The number of hydrogen-bond acceptors (Lipinski definition) is 2. The van der Waals surface area contributed by atoms with Gasteiger partial charge in [0.1, 0.15) is 6.29 Å². The Morgan fingerprint density at radius 2 is 2.29 bits per heavy atom. The molecule has 0 aliphatic heterocycles. The monoisotopic (exact) mass is 230 g/mol. The molecule has 1 heterocycles. The van der Waals surface area contributed by atoms with Gasteiger partial charge in [-0.2, -0.15) is 0 Å². The van der Waals surface area contributed by atoms with E-state index in [2.05, 4.69) is 10.3 Å². The van der Waals surface area contributed by atoms with Gasteiger partial charge in [0.25, 0.3) is 0 Å². The standard InChI is InChI=1S/C13H14N2O2/c1-9(17)14-5-4-11-7-15-13-3-2-10(8-16)6-12(11)13/h2-3,6-8,15H,4-5H2,1H3,(H,14,17). The number of aldehydes is 1. The van der Waals surface area contributed by atoms with Crippen LogP contribution in [-0.4, -0.2) is 23.7 Å². The third-order valence-electron chi connectivity index (χ3n) is 2.70. The molecule has 0 saturated carbocycles. The average Bonchev–Trinajstić information content (AvgIpc) is 2.71. The van der Waals surface area contributed by atoms with Crippen molar-refractivity contribution in [3.63, 3.8) is 0 Å². The normalized spacial score (nSPS) is 10.4. The largest absolute Gasteiger partial charge is 0.361 e. The number of amides is 1. The van der Waals surface area contributed by atoms with Crippen LogP contribution in [-0.2, 0) is 11.2 Å². The van der Waals surface area contributed by atoms with Gasteiger partial charge in [0, 0.05) is 36.1 Å². The van der Waals surface area contributed by atoms with Gasteiger partial charge in [-0.05, 0) is 30.2 Å². The maximum Gasteiger partial charge on any atom is 0.216 e. The zero-order valence-electron chi connectivity index (χ0n) is 9.62. The van der Waals surface area contributed by atoms with Gasteiger partial charge in [-0.25, -0.2) is 0 Å². The first-order valence-corrected chi connectivity index (χ1v) is 5.50. The maximum atomic E-state index is 10.8. The number of rotatable bonds is 4. The molecule has 2 aromatic rings. The maximum absolute atomic E-state index is 10.8. The summed E-state index contributed by atoms with van der Waals surface area (Å²) in [6, 6.07) is 5.53. The van der Waals surface area contributed by atoms with E-state index in [-0.39, 0.29) is 5.91 Å². The summed E-state index contributed by atoms with van der Waals surface area (Å²) in [6.07, 6.45) is 3.51. The molecule has 0 aliphatic carbocycles. The zero-order chi connectivity index (χ0) is 12.3. The summed E-state index contributed by atoms with van der Waals surface area (Å²) >= 11 is 0. The molecule has 4 nitrogen and oxygen atoms in total. The van der Waals surface area contributed by atoms with E-state index in [1.807, 2.05) is 18.3 Å². The van der Waals surface area contributed by atoms with Crippen LogP contribution < -0.4 is 5.32 Å². The summed E-state index contributed by atoms with van der Waals surface area (Å²) in [7, 11) is 0. The van der Waals surface area contributed by atoms with E-state index >= 15 is 0 Å². The van der Waals surface area contributed by atoms with Crippen molar-refractivity contribution in [2.45, 2.75) is 13.3 Å². The van der Waals surface area contributed by atoms with E-state index in [9.17, 15) is 9.59 Å². The molecule has 0 spiro atoms. The fourth-order valence-corrected chi connectivity index (χ4v) is 1.85. The summed E-state index contributed by atoms with van der Waals surface area (Å²) in [4.78, 5) is 24.6. The molecule has 17 heavy (non-hydrogen) atoms. The van der Waals surface area contributed by atoms with Crippen LogP contribution in [0.3, 0.4) is 0 Å². The second-order valence-electron chi connectivity index (χ2n) is 3.97. The Morgan fingerprint density at radius 1 is 1.47 bits per heavy atom. The molecular formula is C13H14N2O2. The third-order valence-corrected chi connectivity index (χ3v) is 2.70. The second-order valence-corrected chi connectivity index (χ2v) is 3.97. The van der Waals surface area contributed by atoms with E-state index in [1.54, 1.807) is 6.07 Å². The average molecular weight is 230 g/mol. The molecular weight excluding hydrogens is 216 g/mol. The first kappa shape index (κ1) is 11.4. The van der Waals surface area contributed by atoms with E-state index in [0.29, 0.717) is 12.1 Å². The molecule has 2 rings (SSSR count). The quantitative estimate of drug-likeness (QED) is 0.785. The molecule has 2 N–H and O–H groups in total. The van der Waals surface area contributed by atoms with Crippen molar-refractivity contribution >= 4 is 23.1 Å². The number of fused-ring (bicyclic) bond motifs is 1. The van der Waals surface area contributed by atoms with Crippen molar-refractivity contribution in [2.24, 2.45) is 0 Å². The summed E-state index contributed by atoms with van der Waals surface area (Å²) in [5.74, 6) is -0.0292. The van der Waals surface area contributed by atoms with Crippen LogP contribution in [0.4, 0.5) is 0 Å². The van der Waals surface area contributed by atoms with Crippen LogP contribution in [0.15, 0.2) is 24.4 Å². The van der Waals surface area contributed by atoms with E-state index < -0.39 is 0 Å². The Labute approximate surface area is 99.0 Å². The number of aromatic nitrogens is 1. The lowest BCUT2D eigenvalue weighted by Crippen LogP contribution is -2.22. The molecule has 0 fully saturated rings. The Kier molecular flexibility index (Phi) is 3.23. The Balaban J connectivity index is 2.21. The van der Waals surface area contributed by atoms with Gasteiger partial charge in [-0.1, -0.05) is 0 Å². The van der Waals surface area contributed by atoms with Crippen molar-refractivity contribution in [3.05, 3.63) is 35.5 Å². The van der Waals surface area contributed by atoms with Crippen LogP contribution in [0.2, 0.25) is 0 Å². The van der Waals surface area contributed by atoms with Gasteiger partial charge in [-0.3, -0.25) is 9.59 Å². The predicted octanol–water partition coefficient (Wildman–Crippen LogP) is 1.66. The van der Waals surface area contributed by atoms with Gasteiger partial charge in [0.15, 0.2) is 0 Å². The lowest BCUT2D eigenvalue weighted by Gasteiger charge is -2.01. The van der Waals surface area contributed by atoms with Crippen LogP contribution >= 0.6 is 0 Å². The molecule has 1 aromatic carbocycles. The topological polar surface area (TPSA) is 62.0 Å². The first-order valence-electron chi connectivity index (χ1n) is 5.50. The Morgan fingerprint density at radius 3 is 3.00 bits per heavy atom. The number of H-pyrrole nitrogens is 1. The fraction of sp³-hybridized carbons (Fsp3) is 0.231. The van der Waals surface area contributed by atoms with Gasteiger partial charge in [-0.15, -0.1) is 0 Å². The molecule has 0 bridgehead atoms. The van der Waals surface area contributed by atoms with E-state index in [0.717, 1.165) is 29.2 Å². The number of carbonyl (C=O) groups is 2. The summed E-state index contributed by atoms with van der Waals surface area (Å²) < 4.78 is 0. The van der Waals surface area contributed by atoms with Crippen molar-refractivity contribution in [1.29, 1.82) is 0 Å². The minimum atomic E-state index is -0.0292. The minimum absolute atomic E-state index is 0.0292. The Bertz CT molecular complexity index is 558. The molecule has 1 amide bonds. The molecule has 0 saturated heterocycles. The highest BCUT2D eigenvalue weighted by Gasteiger charge is 2.04. The zero-order valence-corrected chi connectivity index (χ0v) is 9.62. The fourth-order valence-electron chi connectivity index (χ4n) is 1.85. The highest BCUT2D eigenvalue weighted by Crippen LogP contribution is 2.19. The van der Waals surface area contributed by atoms with Crippen molar-refractivity contribution in [3.8, 4) is 0 Å². The summed E-state index contributed by atoms with van der Waals surface area (Å²) in [5, 5.41) is 3.80. The molecule has 1 aromatic heterocycles. The number of nitrogens with one attached hydrogen (secondary N) is 2. The van der Waals surface area contributed by atoms with Crippen molar-refractivity contribution in [1.82, 2.24) is 10.3 Å². The van der Waals surface area contributed by atoms with Gasteiger partial charge < -0.3 is 10.3 Å². The SMILES string of the molecule is CC(=O)NCCc1c[nH]c2ccc(C=O)cc12. The smallest absolute Gasteiger partial charge is 0.216 e. The lowest BCUT2D eigenvalue weighted by molar-refractivity contribution is -0.118. The molecule has 0 aliphatic rings. The summed E-state index contributed by atoms with van der Waals surface area (Å²) in [6.45, 7) is 2.10. The van der Waals surface area contributed by atoms with Gasteiger partial charge in [0.05, 0.1) is 0 Å². The van der Waals surface area contributed by atoms with Crippen molar-refractivity contribution in [2.75, 3.05) is 6.54 Å². The van der Waals surface area contributed by atoms with Gasteiger partial charge in [0.2, 0.25) is 5.91 Å². The van der Waals surface area contributed by atoms with Crippen LogP contribution in [0, 0.1) is 0 Å². The molecule has 0 unspecified atom stereocenters. The van der Waals surface area contributed by atoms with Crippen LogP contribution in [0.25, 0.3) is 10.9 Å². The number of benzene rings is 1. The predicted molar refractivity (Wildman–Crippen MR) is 66.1 cm³/mol. The Hall–Kier alpha value is -2.10. The number of hydrogen-bond donors (Lipinski definition) is 2. The van der Waals surface area contributed by atoms with Gasteiger partial charge >= 0.3 is 0 Å². The molecule has 88 valence electrons. The number of carbonyl (C=O) groups excluding carboxylic acids is 2. The van der Waals surface area contributed by atoms with E-state index in [4.69, 9.17) is 0 Å². The van der Waals surface area contributed by atoms with Crippen LogP contribution in [0.5, 0.6) is 0 Å². The third kappa shape index (κ3) is 2.53. The summed E-state index contributed by atoms with van der Waals surface area (Å²) in [5.41, 5.74) is 2.78. The first-order chi connectivity index (χ1) is 8.20. The van der Waals surface area contributed by atoms with E-state index in [1.165, 1.54) is 6.92 Å². The number of aromatic amines is 1. The van der Waals surface area contributed by atoms with Crippen LogP contribution in [0.1, 0.15) is 22.8 Å². The molecule has 0 atom stereocenters.